The lowest BCUT2D eigenvalue weighted by molar-refractivity contribution is 0.398. The van der Waals surface area contributed by atoms with Gasteiger partial charge in [-0.3, -0.25) is 4.68 Å². The van der Waals surface area contributed by atoms with E-state index in [1.165, 1.54) is 7.11 Å². The fraction of sp³-hybridized carbons (Fsp3) is 0.364. The summed E-state index contributed by atoms with van der Waals surface area (Å²) < 4.78 is 6.81. The van der Waals surface area contributed by atoms with Gasteiger partial charge in [0.25, 0.3) is 0 Å². The normalized spacial score (nSPS) is 10.4. The minimum atomic E-state index is 0.180. The molecule has 7 heteroatoms. The summed E-state index contributed by atoms with van der Waals surface area (Å²) in [4.78, 5) is 8.00. The van der Waals surface area contributed by atoms with Crippen molar-refractivity contribution in [2.45, 2.75) is 13.5 Å². The van der Waals surface area contributed by atoms with E-state index in [1.807, 2.05) is 20.2 Å². The van der Waals surface area contributed by atoms with Gasteiger partial charge in [0.05, 0.1) is 12.8 Å². The second kappa shape index (κ2) is 4.91. The quantitative estimate of drug-likeness (QED) is 0.828. The van der Waals surface area contributed by atoms with Crippen molar-refractivity contribution in [2.75, 3.05) is 18.2 Å². The van der Waals surface area contributed by atoms with Crippen LogP contribution in [0.5, 0.6) is 5.88 Å². The maximum absolute atomic E-state index is 5.58. The van der Waals surface area contributed by atoms with Crippen molar-refractivity contribution in [3.8, 4) is 5.88 Å². The van der Waals surface area contributed by atoms with Crippen LogP contribution in [-0.4, -0.2) is 26.9 Å². The van der Waals surface area contributed by atoms with E-state index in [9.17, 15) is 0 Å². The first-order valence-electron chi connectivity index (χ1n) is 5.50. The molecule has 0 spiro atoms. The number of anilines is 2. The highest BCUT2D eigenvalue weighted by Crippen LogP contribution is 2.15. The van der Waals surface area contributed by atoms with Crippen LogP contribution in [0, 0.1) is 6.92 Å². The van der Waals surface area contributed by atoms with Gasteiger partial charge in [-0.15, -0.1) is 0 Å². The van der Waals surface area contributed by atoms with Gasteiger partial charge in [-0.25, -0.2) is 0 Å². The second-order valence-electron chi connectivity index (χ2n) is 3.92. The maximum Gasteiger partial charge on any atom is 0.225 e. The lowest BCUT2D eigenvalue weighted by Crippen LogP contribution is -2.05. The molecular formula is C11H16N6O. The Kier molecular flexibility index (Phi) is 3.31. The fourth-order valence-electron chi connectivity index (χ4n) is 1.65. The van der Waals surface area contributed by atoms with Gasteiger partial charge in [0.15, 0.2) is 0 Å². The Hall–Kier alpha value is -2.31. The molecule has 0 aromatic carbocycles. The smallest absolute Gasteiger partial charge is 0.225 e. The number of aromatic nitrogens is 4. The predicted octanol–water partition coefficient (Wildman–Crippen LogP) is 0.721. The summed E-state index contributed by atoms with van der Waals surface area (Å²) in [7, 11) is 3.43. The third kappa shape index (κ3) is 2.68. The highest BCUT2D eigenvalue weighted by Gasteiger charge is 2.05. The molecule has 18 heavy (non-hydrogen) atoms. The molecule has 0 atom stereocenters. The van der Waals surface area contributed by atoms with E-state index in [4.69, 9.17) is 10.5 Å². The molecule has 3 N–H and O–H groups in total. The van der Waals surface area contributed by atoms with Crippen molar-refractivity contribution in [1.29, 1.82) is 0 Å². The van der Waals surface area contributed by atoms with Gasteiger partial charge < -0.3 is 15.8 Å². The highest BCUT2D eigenvalue weighted by molar-refractivity contribution is 5.43. The number of methoxy groups -OCH3 is 1. The zero-order chi connectivity index (χ0) is 13.1. The van der Waals surface area contributed by atoms with Gasteiger partial charge in [0.1, 0.15) is 5.82 Å². The highest BCUT2D eigenvalue weighted by atomic mass is 16.5. The molecule has 0 aliphatic rings. The van der Waals surface area contributed by atoms with Crippen LogP contribution >= 0.6 is 0 Å². The molecule has 0 amide bonds. The van der Waals surface area contributed by atoms with Crippen molar-refractivity contribution >= 4 is 11.8 Å². The largest absolute Gasteiger partial charge is 0.481 e. The van der Waals surface area contributed by atoms with Crippen molar-refractivity contribution < 1.29 is 4.74 Å². The van der Waals surface area contributed by atoms with E-state index in [2.05, 4.69) is 20.4 Å². The number of nitrogens with zero attached hydrogens (tertiary/aromatic N) is 4. The fourth-order valence-corrected chi connectivity index (χ4v) is 1.65. The molecule has 7 nitrogen and oxygen atoms in total. The third-order valence-corrected chi connectivity index (χ3v) is 2.50. The monoisotopic (exact) mass is 248 g/mol. The summed E-state index contributed by atoms with van der Waals surface area (Å²) in [5.74, 6) is 1.25. The Morgan fingerprint density at radius 3 is 2.83 bits per heavy atom. The molecule has 0 aliphatic carbocycles. The number of rotatable bonds is 4. The number of hydrogen-bond donors (Lipinski definition) is 2. The molecule has 0 aliphatic heterocycles. The van der Waals surface area contributed by atoms with Gasteiger partial charge >= 0.3 is 0 Å². The maximum atomic E-state index is 5.58. The lowest BCUT2D eigenvalue weighted by Gasteiger charge is -2.07. The summed E-state index contributed by atoms with van der Waals surface area (Å²) in [6, 6.07) is 1.70. The topological polar surface area (TPSA) is 90.9 Å². The molecule has 2 rings (SSSR count). The minimum absolute atomic E-state index is 0.180. The summed E-state index contributed by atoms with van der Waals surface area (Å²) in [6.07, 6.45) is 1.96. The van der Waals surface area contributed by atoms with Gasteiger partial charge in [0.2, 0.25) is 11.8 Å². The van der Waals surface area contributed by atoms with Crippen LogP contribution in [0.4, 0.5) is 11.8 Å². The number of nitrogen functional groups attached to an aromatic ring is 1. The summed E-state index contributed by atoms with van der Waals surface area (Å²) in [6.45, 7) is 2.59. The molecule has 0 bridgehead atoms. The molecule has 0 unspecified atom stereocenters. The number of nitrogens with two attached hydrogens (primary N) is 1. The Morgan fingerprint density at radius 2 is 2.22 bits per heavy atom. The standard InChI is InChI=1S/C11H16N6O/c1-7-8(6-17(2)16-7)5-13-9-4-10(18-3)15-11(12)14-9/h4,6H,5H2,1-3H3,(H3,12,13,14,15). The molecule has 0 saturated carbocycles. The molecule has 0 radical (unpaired) electrons. The SMILES string of the molecule is COc1cc(NCc2cn(C)nc2C)nc(N)n1. The summed E-state index contributed by atoms with van der Waals surface area (Å²) in [5.41, 5.74) is 7.67. The lowest BCUT2D eigenvalue weighted by atomic mass is 10.2. The van der Waals surface area contributed by atoms with Crippen LogP contribution in [-0.2, 0) is 13.6 Å². The average Bonchev–Trinajstić information content (AvgIpc) is 2.64. The van der Waals surface area contributed by atoms with E-state index >= 15 is 0 Å². The summed E-state index contributed by atoms with van der Waals surface area (Å²) in [5, 5.41) is 7.44. The van der Waals surface area contributed by atoms with E-state index in [1.54, 1.807) is 10.7 Å². The molecule has 0 fully saturated rings. The molecule has 2 aromatic rings. The van der Waals surface area contributed by atoms with Crippen LogP contribution in [0.15, 0.2) is 12.3 Å². The number of hydrogen-bond acceptors (Lipinski definition) is 6. The zero-order valence-corrected chi connectivity index (χ0v) is 10.6. The van der Waals surface area contributed by atoms with E-state index in [-0.39, 0.29) is 5.95 Å². The molecule has 0 saturated heterocycles. The van der Waals surface area contributed by atoms with E-state index in [0.717, 1.165) is 11.3 Å². The molecular weight excluding hydrogens is 232 g/mol. The first-order chi connectivity index (χ1) is 8.58. The molecule has 2 heterocycles. The van der Waals surface area contributed by atoms with Crippen LogP contribution in [0.3, 0.4) is 0 Å². The van der Waals surface area contributed by atoms with Gasteiger partial charge in [-0.1, -0.05) is 0 Å². The minimum Gasteiger partial charge on any atom is -0.481 e. The van der Waals surface area contributed by atoms with Gasteiger partial charge in [0, 0.05) is 31.4 Å². The number of nitrogens with one attached hydrogen (secondary N) is 1. The second-order valence-corrected chi connectivity index (χ2v) is 3.92. The van der Waals surface area contributed by atoms with Crippen molar-refractivity contribution in [3.05, 3.63) is 23.5 Å². The summed E-state index contributed by atoms with van der Waals surface area (Å²) >= 11 is 0. The third-order valence-electron chi connectivity index (χ3n) is 2.50. The van der Waals surface area contributed by atoms with Crippen LogP contribution < -0.4 is 15.8 Å². The Morgan fingerprint density at radius 1 is 1.44 bits per heavy atom. The van der Waals surface area contributed by atoms with E-state index < -0.39 is 0 Å². The average molecular weight is 248 g/mol. The molecule has 96 valence electrons. The predicted molar refractivity (Wildman–Crippen MR) is 68.3 cm³/mol. The van der Waals surface area contributed by atoms with Gasteiger partial charge in [-0.05, 0) is 6.92 Å². The number of ether oxygens (including phenoxy) is 1. The van der Waals surface area contributed by atoms with Crippen molar-refractivity contribution in [2.24, 2.45) is 7.05 Å². The Labute approximate surface area is 105 Å². The Bertz CT molecular complexity index is 550. The van der Waals surface area contributed by atoms with Crippen LogP contribution in [0.25, 0.3) is 0 Å². The first-order valence-corrected chi connectivity index (χ1v) is 5.50. The van der Waals surface area contributed by atoms with Crippen molar-refractivity contribution in [3.63, 3.8) is 0 Å². The van der Waals surface area contributed by atoms with E-state index in [0.29, 0.717) is 18.2 Å². The molecule has 2 aromatic heterocycles. The Balaban J connectivity index is 2.10. The van der Waals surface area contributed by atoms with Gasteiger partial charge in [-0.2, -0.15) is 15.1 Å². The van der Waals surface area contributed by atoms with Crippen LogP contribution in [0.1, 0.15) is 11.3 Å². The zero-order valence-electron chi connectivity index (χ0n) is 10.6. The number of aryl methyl sites for hydroxylation is 2. The van der Waals surface area contributed by atoms with Crippen LogP contribution in [0.2, 0.25) is 0 Å². The first kappa shape index (κ1) is 12.2. The van der Waals surface area contributed by atoms with Crippen molar-refractivity contribution in [1.82, 2.24) is 19.7 Å².